The molecule has 1 fully saturated rings. The predicted octanol–water partition coefficient (Wildman–Crippen LogP) is 3.79. The van der Waals surface area contributed by atoms with Crippen LogP contribution in [-0.2, 0) is 12.0 Å². The molecule has 0 spiro atoms. The molecule has 1 atom stereocenters. The molecule has 21 heavy (non-hydrogen) atoms. The van der Waals surface area contributed by atoms with E-state index in [4.69, 9.17) is 4.98 Å². The van der Waals surface area contributed by atoms with Gasteiger partial charge >= 0.3 is 0 Å². The molecule has 2 heterocycles. The van der Waals surface area contributed by atoms with Crippen molar-refractivity contribution in [1.82, 2.24) is 15.2 Å². The Morgan fingerprint density at radius 1 is 1.38 bits per heavy atom. The fourth-order valence-corrected chi connectivity index (χ4v) is 4.17. The van der Waals surface area contributed by atoms with Crippen LogP contribution in [0.15, 0.2) is 5.38 Å². The third-order valence-corrected chi connectivity index (χ3v) is 5.74. The smallest absolute Gasteiger partial charge is 0.107 e. The number of nitrogens with one attached hydrogen (secondary N) is 1. The van der Waals surface area contributed by atoms with Crippen LogP contribution in [0.5, 0.6) is 0 Å². The van der Waals surface area contributed by atoms with Crippen LogP contribution in [0.25, 0.3) is 0 Å². The summed E-state index contributed by atoms with van der Waals surface area (Å²) >= 11 is 1.82. The zero-order valence-electron chi connectivity index (χ0n) is 14.5. The van der Waals surface area contributed by atoms with Crippen LogP contribution in [0, 0.1) is 0 Å². The van der Waals surface area contributed by atoms with Crippen molar-refractivity contribution >= 4 is 11.3 Å². The largest absolute Gasteiger partial charge is 0.311 e. The van der Waals surface area contributed by atoms with Gasteiger partial charge in [-0.2, -0.15) is 0 Å². The molecule has 1 aliphatic rings. The number of nitrogens with zero attached hydrogens (tertiary/aromatic N) is 2. The quantitative estimate of drug-likeness (QED) is 0.917. The highest BCUT2D eigenvalue weighted by atomic mass is 32.1. The van der Waals surface area contributed by atoms with E-state index in [0.29, 0.717) is 11.6 Å². The van der Waals surface area contributed by atoms with Gasteiger partial charge in [-0.25, -0.2) is 4.98 Å². The van der Waals surface area contributed by atoms with Gasteiger partial charge in [-0.1, -0.05) is 34.6 Å². The van der Waals surface area contributed by atoms with Crippen LogP contribution < -0.4 is 5.32 Å². The molecular formula is C17H31N3S. The van der Waals surface area contributed by atoms with Gasteiger partial charge in [0.15, 0.2) is 0 Å². The molecule has 0 radical (unpaired) electrons. The lowest BCUT2D eigenvalue weighted by atomic mass is 9.87. The Kier molecular flexibility index (Phi) is 5.11. The molecule has 0 saturated carbocycles. The number of piperazine rings is 1. The molecule has 0 amide bonds. The van der Waals surface area contributed by atoms with Crippen LogP contribution in [0.1, 0.15) is 65.1 Å². The topological polar surface area (TPSA) is 28.2 Å². The summed E-state index contributed by atoms with van der Waals surface area (Å²) in [7, 11) is 0. The summed E-state index contributed by atoms with van der Waals surface area (Å²) in [5.41, 5.74) is 1.67. The number of thiazole rings is 1. The minimum atomic E-state index is 0.151. The molecular weight excluding hydrogens is 278 g/mol. The maximum Gasteiger partial charge on any atom is 0.107 e. The van der Waals surface area contributed by atoms with Crippen molar-refractivity contribution in [2.24, 2.45) is 0 Å². The summed E-state index contributed by atoms with van der Waals surface area (Å²) < 4.78 is 0. The van der Waals surface area contributed by atoms with Crippen molar-refractivity contribution in [3.05, 3.63) is 16.1 Å². The van der Waals surface area contributed by atoms with Crippen LogP contribution >= 0.6 is 11.3 Å². The first-order valence-corrected chi connectivity index (χ1v) is 9.12. The second-order valence-electron chi connectivity index (χ2n) is 7.47. The summed E-state index contributed by atoms with van der Waals surface area (Å²) in [5, 5.41) is 7.16. The van der Waals surface area contributed by atoms with Crippen LogP contribution in [-0.4, -0.2) is 34.6 Å². The molecule has 1 aromatic heterocycles. The Labute approximate surface area is 134 Å². The number of hydrogen-bond acceptors (Lipinski definition) is 4. The summed E-state index contributed by atoms with van der Waals surface area (Å²) in [4.78, 5) is 7.56. The van der Waals surface area contributed by atoms with E-state index in [1.165, 1.54) is 23.5 Å². The van der Waals surface area contributed by atoms with Gasteiger partial charge in [0.25, 0.3) is 0 Å². The maximum absolute atomic E-state index is 4.89. The number of aromatic nitrogens is 1. The van der Waals surface area contributed by atoms with Crippen LogP contribution in [0.3, 0.4) is 0 Å². The maximum atomic E-state index is 4.89. The van der Waals surface area contributed by atoms with E-state index in [0.717, 1.165) is 19.6 Å². The second kappa shape index (κ2) is 6.35. The zero-order chi connectivity index (χ0) is 15.7. The first kappa shape index (κ1) is 16.9. The standard InChI is InChI=1S/C17H31N3S/c1-7-17(8-2)12-18-13(3)9-20(17)10-15-19-14(11-21-15)16(4,5)6/h11,13,18H,7-10,12H2,1-6H3. The highest BCUT2D eigenvalue weighted by Gasteiger charge is 2.38. The molecule has 0 aromatic carbocycles. The van der Waals surface area contributed by atoms with Crippen molar-refractivity contribution < 1.29 is 0 Å². The molecule has 4 heteroatoms. The van der Waals surface area contributed by atoms with Crippen molar-refractivity contribution in [2.45, 2.75) is 77.9 Å². The second-order valence-corrected chi connectivity index (χ2v) is 8.41. The lowest BCUT2D eigenvalue weighted by Crippen LogP contribution is -2.63. The Balaban J connectivity index is 2.16. The highest BCUT2D eigenvalue weighted by molar-refractivity contribution is 7.09. The van der Waals surface area contributed by atoms with Gasteiger partial charge in [0, 0.05) is 35.5 Å². The molecule has 3 nitrogen and oxygen atoms in total. The predicted molar refractivity (Wildman–Crippen MR) is 92.0 cm³/mol. The van der Waals surface area contributed by atoms with Crippen LogP contribution in [0.2, 0.25) is 0 Å². The van der Waals surface area contributed by atoms with E-state index in [-0.39, 0.29) is 5.41 Å². The van der Waals surface area contributed by atoms with Crippen molar-refractivity contribution in [2.75, 3.05) is 13.1 Å². The van der Waals surface area contributed by atoms with Gasteiger partial charge in [-0.05, 0) is 19.8 Å². The fourth-order valence-electron chi connectivity index (χ4n) is 3.14. The van der Waals surface area contributed by atoms with Gasteiger partial charge in [-0.15, -0.1) is 11.3 Å². The highest BCUT2D eigenvalue weighted by Crippen LogP contribution is 2.30. The number of hydrogen-bond donors (Lipinski definition) is 1. The Hall–Kier alpha value is -0.450. The van der Waals surface area contributed by atoms with Gasteiger partial charge in [0.2, 0.25) is 0 Å². The monoisotopic (exact) mass is 309 g/mol. The molecule has 1 unspecified atom stereocenters. The van der Waals surface area contributed by atoms with E-state index < -0.39 is 0 Å². The van der Waals surface area contributed by atoms with E-state index in [1.807, 2.05) is 11.3 Å². The molecule has 1 aliphatic heterocycles. The first-order valence-electron chi connectivity index (χ1n) is 8.24. The van der Waals surface area contributed by atoms with Gasteiger partial charge < -0.3 is 5.32 Å². The lowest BCUT2D eigenvalue weighted by molar-refractivity contribution is 0.0277. The Bertz CT molecular complexity index is 457. The summed E-state index contributed by atoms with van der Waals surface area (Å²) in [5.74, 6) is 0. The van der Waals surface area contributed by atoms with Gasteiger partial charge in [-0.3, -0.25) is 4.90 Å². The van der Waals surface area contributed by atoms with Crippen molar-refractivity contribution in [1.29, 1.82) is 0 Å². The number of rotatable bonds is 4. The molecule has 1 saturated heterocycles. The third-order valence-electron chi connectivity index (χ3n) is 4.91. The summed E-state index contributed by atoms with van der Waals surface area (Å²) in [6.07, 6.45) is 2.39. The Morgan fingerprint density at radius 3 is 2.57 bits per heavy atom. The SMILES string of the molecule is CCC1(CC)CNC(C)CN1Cc1nc(C(C)(C)C)cs1. The lowest BCUT2D eigenvalue weighted by Gasteiger charge is -2.48. The Morgan fingerprint density at radius 2 is 2.05 bits per heavy atom. The average Bonchev–Trinajstić information content (AvgIpc) is 2.88. The minimum absolute atomic E-state index is 0.151. The zero-order valence-corrected chi connectivity index (χ0v) is 15.3. The van der Waals surface area contributed by atoms with Crippen LogP contribution in [0.4, 0.5) is 0 Å². The molecule has 1 N–H and O–H groups in total. The average molecular weight is 310 g/mol. The van der Waals surface area contributed by atoms with E-state index in [1.54, 1.807) is 0 Å². The normalized spacial score (nSPS) is 23.4. The van der Waals surface area contributed by atoms with Crippen molar-refractivity contribution in [3.8, 4) is 0 Å². The molecule has 120 valence electrons. The molecule has 2 rings (SSSR count). The van der Waals surface area contributed by atoms with E-state index >= 15 is 0 Å². The van der Waals surface area contributed by atoms with E-state index in [9.17, 15) is 0 Å². The fraction of sp³-hybridized carbons (Fsp3) is 0.824. The molecule has 0 aliphatic carbocycles. The summed E-state index contributed by atoms with van der Waals surface area (Å²) in [6, 6.07) is 0.568. The third kappa shape index (κ3) is 3.66. The minimum Gasteiger partial charge on any atom is -0.311 e. The van der Waals surface area contributed by atoms with E-state index in [2.05, 4.69) is 57.1 Å². The molecule has 1 aromatic rings. The molecule has 0 bridgehead atoms. The first-order chi connectivity index (χ1) is 9.80. The van der Waals surface area contributed by atoms with Crippen molar-refractivity contribution in [3.63, 3.8) is 0 Å². The van der Waals surface area contributed by atoms with Gasteiger partial charge in [0.1, 0.15) is 5.01 Å². The summed E-state index contributed by atoms with van der Waals surface area (Å²) in [6.45, 7) is 16.8. The van der Waals surface area contributed by atoms with Gasteiger partial charge in [0.05, 0.1) is 12.2 Å².